The number of nitrogens with zero attached hydrogens (tertiary/aromatic N) is 3. The first-order chi connectivity index (χ1) is 12.3. The van der Waals surface area contributed by atoms with Crippen LogP contribution in [0.2, 0.25) is 0 Å². The van der Waals surface area contributed by atoms with Gasteiger partial charge in [-0.3, -0.25) is 0 Å². The maximum absolute atomic E-state index is 8.89. The van der Waals surface area contributed by atoms with E-state index in [9.17, 15) is 0 Å². The minimum absolute atomic E-state index is 0.0794. The van der Waals surface area contributed by atoms with Crippen LogP contribution in [0.5, 0.6) is 0 Å². The predicted molar refractivity (Wildman–Crippen MR) is 101 cm³/mol. The molecule has 3 heteroatoms. The normalized spacial score (nSPS) is 10.6. The van der Waals surface area contributed by atoms with E-state index < -0.39 is 0 Å². The van der Waals surface area contributed by atoms with Crippen LogP contribution in [0.1, 0.15) is 5.56 Å². The Balaban J connectivity index is 2.02. The monoisotopic (exact) mass is 321 g/mol. The number of allylic oxidation sites excluding steroid dienone is 1. The van der Waals surface area contributed by atoms with E-state index in [1.807, 2.05) is 66.7 Å². The first kappa shape index (κ1) is 16.1. The summed E-state index contributed by atoms with van der Waals surface area (Å²) in [4.78, 5) is 5.35. The van der Waals surface area contributed by atoms with E-state index in [-0.39, 0.29) is 5.70 Å². The SMILES string of the molecule is [C-]#[N+]C(C#N)=Cc1ccc(N(c2ccccc2)c2ccccc2)cc1. The molecule has 0 amide bonds. The lowest BCUT2D eigenvalue weighted by Gasteiger charge is -2.25. The van der Waals surface area contributed by atoms with Crippen molar-refractivity contribution in [1.82, 2.24) is 0 Å². The average Bonchev–Trinajstić information content (AvgIpc) is 2.69. The number of hydrogen-bond donors (Lipinski definition) is 0. The molecule has 0 bridgehead atoms. The zero-order valence-electron chi connectivity index (χ0n) is 13.5. The Morgan fingerprint density at radius 1 is 0.800 bits per heavy atom. The Labute approximate surface area is 147 Å². The second-order valence-electron chi connectivity index (χ2n) is 5.35. The first-order valence-corrected chi connectivity index (χ1v) is 7.81. The Kier molecular flexibility index (Phi) is 4.90. The van der Waals surface area contributed by atoms with Crippen LogP contribution in [-0.4, -0.2) is 0 Å². The van der Waals surface area contributed by atoms with Crippen molar-refractivity contribution in [2.45, 2.75) is 0 Å². The molecule has 3 aromatic carbocycles. The molecule has 0 radical (unpaired) electrons. The largest absolute Gasteiger partial charge is 0.311 e. The molecule has 0 atom stereocenters. The number of benzene rings is 3. The molecule has 0 unspecified atom stereocenters. The number of rotatable bonds is 4. The van der Waals surface area contributed by atoms with Crippen molar-refractivity contribution in [2.24, 2.45) is 0 Å². The van der Waals surface area contributed by atoms with E-state index in [4.69, 9.17) is 11.8 Å². The van der Waals surface area contributed by atoms with Crippen LogP contribution in [0.3, 0.4) is 0 Å². The van der Waals surface area contributed by atoms with Crippen molar-refractivity contribution in [3.63, 3.8) is 0 Å². The van der Waals surface area contributed by atoms with Gasteiger partial charge in [0.25, 0.3) is 5.70 Å². The molecule has 0 aliphatic heterocycles. The molecule has 25 heavy (non-hydrogen) atoms. The van der Waals surface area contributed by atoms with E-state index in [1.54, 1.807) is 6.08 Å². The summed E-state index contributed by atoms with van der Waals surface area (Å²) in [7, 11) is 0. The number of anilines is 3. The Hall–Kier alpha value is -3.82. The molecule has 0 saturated carbocycles. The van der Waals surface area contributed by atoms with Crippen LogP contribution in [0.15, 0.2) is 90.6 Å². The zero-order chi connectivity index (χ0) is 17.5. The van der Waals surface area contributed by atoms with Crippen molar-refractivity contribution < 1.29 is 0 Å². The average molecular weight is 321 g/mol. The van der Waals surface area contributed by atoms with Gasteiger partial charge >= 0.3 is 0 Å². The van der Waals surface area contributed by atoms with Gasteiger partial charge in [0, 0.05) is 17.1 Å². The summed E-state index contributed by atoms with van der Waals surface area (Å²) in [6, 6.07) is 30.0. The summed E-state index contributed by atoms with van der Waals surface area (Å²) >= 11 is 0. The van der Waals surface area contributed by atoms with Gasteiger partial charge in [0.2, 0.25) is 0 Å². The third-order valence-electron chi connectivity index (χ3n) is 3.72. The van der Waals surface area contributed by atoms with Crippen LogP contribution in [0.4, 0.5) is 17.1 Å². The zero-order valence-corrected chi connectivity index (χ0v) is 13.5. The summed E-state index contributed by atoms with van der Waals surface area (Å²) < 4.78 is 0. The van der Waals surface area contributed by atoms with E-state index in [2.05, 4.69) is 34.0 Å². The highest BCUT2D eigenvalue weighted by atomic mass is 15.1. The fourth-order valence-electron chi connectivity index (χ4n) is 2.57. The Morgan fingerprint density at radius 3 is 1.72 bits per heavy atom. The second-order valence-corrected chi connectivity index (χ2v) is 5.35. The Bertz CT molecular complexity index is 889. The van der Waals surface area contributed by atoms with Crippen molar-refractivity contribution >= 4 is 23.1 Å². The molecule has 3 nitrogen and oxygen atoms in total. The van der Waals surface area contributed by atoms with Crippen LogP contribution in [0, 0.1) is 17.9 Å². The third-order valence-corrected chi connectivity index (χ3v) is 3.72. The maximum atomic E-state index is 8.89. The van der Waals surface area contributed by atoms with Crippen LogP contribution >= 0.6 is 0 Å². The highest BCUT2D eigenvalue weighted by molar-refractivity contribution is 5.77. The van der Waals surface area contributed by atoms with Gasteiger partial charge in [-0.1, -0.05) is 48.5 Å². The quantitative estimate of drug-likeness (QED) is 0.440. The molecule has 0 aromatic heterocycles. The topological polar surface area (TPSA) is 31.4 Å². The number of hydrogen-bond acceptors (Lipinski definition) is 2. The summed E-state index contributed by atoms with van der Waals surface area (Å²) in [5, 5.41) is 8.89. The lowest BCUT2D eigenvalue weighted by molar-refractivity contribution is 1.28. The minimum Gasteiger partial charge on any atom is -0.311 e. The van der Waals surface area contributed by atoms with Gasteiger partial charge in [0.15, 0.2) is 0 Å². The van der Waals surface area contributed by atoms with E-state index in [0.29, 0.717) is 0 Å². The number of nitriles is 1. The molecule has 0 spiro atoms. The van der Waals surface area contributed by atoms with E-state index in [0.717, 1.165) is 22.6 Å². The lowest BCUT2D eigenvalue weighted by atomic mass is 10.1. The summed E-state index contributed by atoms with van der Waals surface area (Å²) in [5.74, 6) is 0. The summed E-state index contributed by atoms with van der Waals surface area (Å²) in [5.41, 5.74) is 4.05. The molecule has 0 N–H and O–H groups in total. The van der Waals surface area contributed by atoms with Gasteiger partial charge < -0.3 is 4.90 Å². The van der Waals surface area contributed by atoms with Crippen LogP contribution in [0.25, 0.3) is 10.9 Å². The third kappa shape index (κ3) is 3.75. The fourth-order valence-corrected chi connectivity index (χ4v) is 2.57. The molecule has 3 aromatic rings. The number of para-hydroxylation sites is 2. The summed E-state index contributed by atoms with van der Waals surface area (Å²) in [6.07, 6.45) is 1.59. The molecule has 3 rings (SSSR count). The molecule has 0 aliphatic carbocycles. The van der Waals surface area contributed by atoms with E-state index in [1.165, 1.54) is 0 Å². The van der Waals surface area contributed by atoms with Gasteiger partial charge in [-0.25, -0.2) is 10.1 Å². The molecule has 118 valence electrons. The molecule has 0 saturated heterocycles. The standard InChI is InChI=1S/C22H15N3/c1-24-19(17-23)16-18-12-14-22(15-13-18)25(20-8-4-2-5-9-20)21-10-6-3-7-11-21/h2-16H. The van der Waals surface area contributed by atoms with Gasteiger partial charge in [-0.05, 0) is 48.0 Å². The lowest BCUT2D eigenvalue weighted by Crippen LogP contribution is -2.09. The minimum atomic E-state index is 0.0794. The van der Waals surface area contributed by atoms with Crippen LogP contribution < -0.4 is 4.90 Å². The van der Waals surface area contributed by atoms with Crippen molar-refractivity contribution in [1.29, 1.82) is 5.26 Å². The molecule has 0 aliphatic rings. The molecular weight excluding hydrogens is 306 g/mol. The Morgan fingerprint density at radius 2 is 1.28 bits per heavy atom. The fraction of sp³-hybridized carbons (Fsp3) is 0. The maximum Gasteiger partial charge on any atom is 0.262 e. The second kappa shape index (κ2) is 7.64. The highest BCUT2D eigenvalue weighted by Crippen LogP contribution is 2.34. The van der Waals surface area contributed by atoms with Gasteiger partial charge in [-0.2, -0.15) is 0 Å². The molecule has 0 heterocycles. The van der Waals surface area contributed by atoms with Crippen molar-refractivity contribution in [2.75, 3.05) is 4.90 Å². The van der Waals surface area contributed by atoms with Gasteiger partial charge in [0.05, 0.1) is 12.6 Å². The molecular formula is C22H15N3. The van der Waals surface area contributed by atoms with Crippen molar-refractivity contribution in [3.05, 3.63) is 108 Å². The first-order valence-electron chi connectivity index (χ1n) is 7.81. The highest BCUT2D eigenvalue weighted by Gasteiger charge is 2.11. The van der Waals surface area contributed by atoms with Gasteiger partial charge in [-0.15, -0.1) is 0 Å². The smallest absolute Gasteiger partial charge is 0.262 e. The van der Waals surface area contributed by atoms with E-state index >= 15 is 0 Å². The predicted octanol–water partition coefficient (Wildman–Crippen LogP) is 5.94. The molecule has 0 fully saturated rings. The summed E-state index contributed by atoms with van der Waals surface area (Å²) in [6.45, 7) is 6.97. The van der Waals surface area contributed by atoms with Crippen molar-refractivity contribution in [3.8, 4) is 6.07 Å². The van der Waals surface area contributed by atoms with Gasteiger partial charge in [0.1, 0.15) is 0 Å². The van der Waals surface area contributed by atoms with Crippen LogP contribution in [-0.2, 0) is 0 Å².